The summed E-state index contributed by atoms with van der Waals surface area (Å²) in [6, 6.07) is 9.70. The zero-order valence-electron chi connectivity index (χ0n) is 65.6. The summed E-state index contributed by atoms with van der Waals surface area (Å²) >= 11 is 0. The average Bonchev–Trinajstić information content (AvgIpc) is 0.819. The fraction of sp³-hybridized carbons (Fsp3) is 0.785. The molecule has 0 saturated heterocycles. The van der Waals surface area contributed by atoms with E-state index in [4.69, 9.17) is 40.2 Å². The van der Waals surface area contributed by atoms with Gasteiger partial charge in [-0.15, -0.1) is 0 Å². The number of nitrogens with zero attached hydrogens (tertiary/aromatic N) is 2. The van der Waals surface area contributed by atoms with Crippen LogP contribution in [0.3, 0.4) is 0 Å². The summed E-state index contributed by atoms with van der Waals surface area (Å²) in [6.45, 7) is 5.53. The van der Waals surface area contributed by atoms with E-state index in [1.54, 1.807) is 24.3 Å². The lowest BCUT2D eigenvalue weighted by Crippen LogP contribution is -2.38. The molecule has 0 heterocycles. The van der Waals surface area contributed by atoms with Crippen LogP contribution in [0.2, 0.25) is 0 Å². The highest BCUT2D eigenvalue weighted by Crippen LogP contribution is 2.39. The Bertz CT molecular complexity index is 2500. The van der Waals surface area contributed by atoms with Gasteiger partial charge in [-0.1, -0.05) is 219 Å². The first-order valence-corrected chi connectivity index (χ1v) is 42.4. The molecule has 0 aliphatic rings. The fourth-order valence-corrected chi connectivity index (χ4v) is 13.6. The molecule has 2 aromatic rings. The highest BCUT2D eigenvalue weighted by molar-refractivity contribution is 7.51. The first-order chi connectivity index (χ1) is 48.7. The summed E-state index contributed by atoms with van der Waals surface area (Å²) in [5.74, 6) is -1.47. The van der Waals surface area contributed by atoms with Crippen molar-refractivity contribution in [1.82, 2.24) is 0 Å². The number of unbranched alkanes of at least 4 members (excludes halogenated alkanes) is 34. The quantitative estimate of drug-likeness (QED) is 0.0149. The average molecular weight is 1450 g/mol. The number of hydrogen-bond acceptors (Lipinski definition) is 17. The third kappa shape index (κ3) is 54.5. The summed E-state index contributed by atoms with van der Waals surface area (Å²) < 4.78 is 88.3. The fourth-order valence-electron chi connectivity index (χ4n) is 11.3. The Hall–Kier alpha value is -4.19. The summed E-state index contributed by atoms with van der Waals surface area (Å²) in [5.41, 5.74) is 0.643. The van der Waals surface area contributed by atoms with E-state index in [2.05, 4.69) is 13.8 Å². The standard InChI is InChI=1S/C79H138N2O17P2/c1-9-11-13-15-17-19-21-23-29-35-41-47-75(82)93-65-73(67-99(87,88)95-63-59-80(3,4)5)97-77(84)49-43-37-31-25-27-33-39-45-61-91-71-55-51-69(52-56-71)79(86)70-53-57-72(58-54-70)92-62-46-40-34-28-26-32-38-44-50-78(85)98-74(68-100(89,90)96-64-60-81(6,7)8)66-94-76(83)48-42-36-30-24-22-20-18-16-14-12-10-2/h51-58,73-74H,9-50,59-68H2,1-8H3/i55T,57T. The third-order valence-corrected chi connectivity index (χ3v) is 20.4. The maximum absolute atomic E-state index is 13.4. The minimum atomic E-state index is -4.39. The van der Waals surface area contributed by atoms with Gasteiger partial charge in [0.05, 0.1) is 70.6 Å². The Morgan fingerprint density at radius 2 is 0.650 bits per heavy atom. The van der Waals surface area contributed by atoms with Crippen LogP contribution in [0.1, 0.15) is 302 Å². The van der Waals surface area contributed by atoms with Crippen LogP contribution in [-0.4, -0.2) is 158 Å². The zero-order chi connectivity index (χ0) is 75.2. The number of carbonyl (C=O) groups excluding carboxylic acids is 5. The van der Waals surface area contributed by atoms with Gasteiger partial charge in [0.2, 0.25) is 0 Å². The Morgan fingerprint density at radius 3 is 0.930 bits per heavy atom. The van der Waals surface area contributed by atoms with Crippen molar-refractivity contribution in [1.29, 1.82) is 0 Å². The maximum atomic E-state index is 13.4. The lowest BCUT2D eigenvalue weighted by molar-refractivity contribution is -0.870. The summed E-state index contributed by atoms with van der Waals surface area (Å²) in [4.78, 5) is 90.3. The van der Waals surface area contributed by atoms with Crippen LogP contribution in [0.5, 0.6) is 11.5 Å². The van der Waals surface area contributed by atoms with Crippen molar-refractivity contribution >= 4 is 44.9 Å². The van der Waals surface area contributed by atoms with Crippen LogP contribution < -0.4 is 19.3 Å². The van der Waals surface area contributed by atoms with Crippen molar-refractivity contribution in [3.8, 4) is 11.5 Å². The molecule has 4 unspecified atom stereocenters. The van der Waals surface area contributed by atoms with Crippen LogP contribution in [-0.2, 0) is 56.3 Å². The largest absolute Gasteiger partial charge is 0.778 e. The van der Waals surface area contributed by atoms with Crippen molar-refractivity contribution in [2.24, 2.45) is 0 Å². The van der Waals surface area contributed by atoms with Gasteiger partial charge in [-0.05, 0) is 87.0 Å². The molecule has 0 amide bonds. The molecule has 2 rings (SSSR count). The second-order valence-electron chi connectivity index (χ2n) is 29.5. The molecule has 0 aliphatic heterocycles. The normalized spacial score (nSPS) is 13.9. The summed E-state index contributed by atoms with van der Waals surface area (Å²) in [6.07, 6.45) is 36.8. The molecule has 576 valence electrons. The van der Waals surface area contributed by atoms with Crippen LogP contribution in [0.4, 0.5) is 0 Å². The molecule has 0 saturated carbocycles. The molecule has 0 N–H and O–H groups in total. The van der Waals surface area contributed by atoms with E-state index < -0.39 is 63.6 Å². The summed E-state index contributed by atoms with van der Waals surface area (Å²) in [5, 5.41) is 0. The number of carbonyl (C=O) groups is 5. The monoisotopic (exact) mass is 1450 g/mol. The van der Waals surface area contributed by atoms with E-state index in [9.17, 15) is 42.9 Å². The maximum Gasteiger partial charge on any atom is 0.306 e. The van der Waals surface area contributed by atoms with Crippen molar-refractivity contribution in [3.63, 3.8) is 0 Å². The third-order valence-electron chi connectivity index (χ3n) is 17.5. The van der Waals surface area contributed by atoms with Gasteiger partial charge >= 0.3 is 23.9 Å². The zero-order valence-corrected chi connectivity index (χ0v) is 65.4. The number of likely N-dealkylation sites (N-methyl/N-ethyl adjacent to an activating group) is 2. The first kappa shape index (κ1) is 88.2. The molecular formula is C79H138N2O17P2. The van der Waals surface area contributed by atoms with Gasteiger partial charge in [-0.25, -0.2) is 0 Å². The number of rotatable bonds is 68. The van der Waals surface area contributed by atoms with Crippen LogP contribution in [0.25, 0.3) is 0 Å². The molecule has 100 heavy (non-hydrogen) atoms. The van der Waals surface area contributed by atoms with Crippen molar-refractivity contribution in [2.45, 2.75) is 296 Å². The minimum Gasteiger partial charge on any atom is -0.778 e. The minimum absolute atomic E-state index is 0.00967. The van der Waals surface area contributed by atoms with E-state index in [0.717, 1.165) is 128 Å². The van der Waals surface area contributed by atoms with Gasteiger partial charge in [-0.2, -0.15) is 0 Å². The van der Waals surface area contributed by atoms with Crippen LogP contribution >= 0.6 is 15.2 Å². The van der Waals surface area contributed by atoms with Gasteiger partial charge in [0.25, 0.3) is 0 Å². The number of hydrogen-bond donors (Lipinski definition) is 0. The van der Waals surface area contributed by atoms with Gasteiger partial charge in [0.15, 0.2) is 5.78 Å². The lowest BCUT2D eigenvalue weighted by atomic mass is 10.0. The van der Waals surface area contributed by atoms with E-state index in [1.807, 2.05) is 42.3 Å². The topological polar surface area (TPSA) is 239 Å². The molecule has 4 atom stereocenters. The van der Waals surface area contributed by atoms with Crippen molar-refractivity contribution in [3.05, 3.63) is 59.6 Å². The van der Waals surface area contributed by atoms with Gasteiger partial charge in [0, 0.05) is 36.8 Å². The van der Waals surface area contributed by atoms with Gasteiger partial charge in [0.1, 0.15) is 78.4 Å². The second-order valence-corrected chi connectivity index (χ2v) is 33.2. The lowest BCUT2D eigenvalue weighted by Gasteiger charge is -2.30. The number of ketones is 1. The molecule has 0 spiro atoms. The summed E-state index contributed by atoms with van der Waals surface area (Å²) in [7, 11) is 2.80. The number of benzene rings is 2. The van der Waals surface area contributed by atoms with Gasteiger partial charge in [-0.3, -0.25) is 24.0 Å². The predicted molar refractivity (Wildman–Crippen MR) is 397 cm³/mol. The number of quaternary nitrogens is 2. The van der Waals surface area contributed by atoms with Crippen molar-refractivity contribution in [2.75, 3.05) is 107 Å². The van der Waals surface area contributed by atoms with E-state index in [-0.39, 0.29) is 70.0 Å². The number of ether oxygens (including phenoxy) is 6. The SMILES string of the molecule is [3H]c1cc(C(=O)c2ccc(OCCCCCCCCCCC(=O)OC(COC(=O)CCCCCCCCCCCCC)CP(=O)([O-])OCC[N+](C)(C)C)c([3H])c2)ccc1OCCCCCCCCCCC(=O)OC(COC(=O)CCCCCCCCCCCCC)CP(=O)([O-])OCC[N+](C)(C)C. The molecular weight excluding hydrogens is 1310 g/mol. The molecule has 0 bridgehead atoms. The Morgan fingerprint density at radius 1 is 0.380 bits per heavy atom. The first-order valence-electron chi connectivity index (χ1n) is 39.9. The molecule has 0 aliphatic carbocycles. The Labute approximate surface area is 608 Å². The highest BCUT2D eigenvalue weighted by atomic mass is 31.2. The molecule has 2 aromatic carbocycles. The molecule has 21 heteroatoms. The highest BCUT2D eigenvalue weighted by Gasteiger charge is 2.26. The molecule has 0 radical (unpaired) electrons. The molecule has 19 nitrogen and oxygen atoms in total. The Kier molecular flexibility index (Phi) is 50.4. The smallest absolute Gasteiger partial charge is 0.306 e. The van der Waals surface area contributed by atoms with E-state index in [0.29, 0.717) is 83.6 Å². The van der Waals surface area contributed by atoms with Gasteiger partial charge < -0.3 is 65.4 Å². The van der Waals surface area contributed by atoms with E-state index >= 15 is 0 Å². The van der Waals surface area contributed by atoms with Crippen LogP contribution in [0, 0.1) is 0 Å². The van der Waals surface area contributed by atoms with Crippen molar-refractivity contribution < 1.29 is 92.1 Å². The molecule has 0 aromatic heterocycles. The predicted octanol–water partition coefficient (Wildman–Crippen LogP) is 17.6. The van der Waals surface area contributed by atoms with Crippen LogP contribution in [0.15, 0.2) is 48.5 Å². The number of esters is 4. The van der Waals surface area contributed by atoms with E-state index in [1.165, 1.54) is 102 Å². The second kappa shape index (κ2) is 57.2. The molecule has 0 fully saturated rings. The Balaban J connectivity index is 1.64.